The number of urea groups is 1. The van der Waals surface area contributed by atoms with Gasteiger partial charge in [-0.3, -0.25) is 4.79 Å². The smallest absolute Gasteiger partial charge is 0.315 e. The molecule has 2 fully saturated rings. The summed E-state index contributed by atoms with van der Waals surface area (Å²) < 4.78 is 0. The van der Waals surface area contributed by atoms with Crippen molar-refractivity contribution in [1.29, 1.82) is 0 Å². The number of fused-ring (bicyclic) bond motifs is 2. The highest BCUT2D eigenvalue weighted by atomic mass is 32.2. The molecule has 136 valence electrons. The minimum atomic E-state index is -0.0256. The van der Waals surface area contributed by atoms with Gasteiger partial charge in [-0.25, -0.2) is 4.79 Å². The van der Waals surface area contributed by atoms with Gasteiger partial charge in [0.25, 0.3) is 0 Å². The number of carbonyl (C=O) groups excluding carboxylic acids is 2. The summed E-state index contributed by atoms with van der Waals surface area (Å²) in [7, 11) is 0. The molecule has 25 heavy (non-hydrogen) atoms. The Labute approximate surface area is 156 Å². The molecule has 0 aliphatic carbocycles. The molecule has 0 aromatic carbocycles. The van der Waals surface area contributed by atoms with Crippen molar-refractivity contribution in [3.63, 3.8) is 0 Å². The molecule has 0 bridgehead atoms. The van der Waals surface area contributed by atoms with Crippen molar-refractivity contribution >= 4 is 35.0 Å². The molecule has 0 saturated carbocycles. The van der Waals surface area contributed by atoms with Crippen LogP contribution in [0.3, 0.4) is 0 Å². The lowest BCUT2D eigenvalue weighted by atomic mass is 10.00. The highest BCUT2D eigenvalue weighted by Crippen LogP contribution is 2.34. The summed E-state index contributed by atoms with van der Waals surface area (Å²) in [5, 5.41) is 8.64. The molecule has 2 N–H and O–H groups in total. The average molecular weight is 380 g/mol. The largest absolute Gasteiger partial charge is 0.336 e. The van der Waals surface area contributed by atoms with Gasteiger partial charge in [0.05, 0.1) is 18.1 Å². The SMILES string of the molecule is C[C@@H]1c2ccsc2CCN1C(=O)CCCC[C@@H]1SC[C@@H]2NC(=O)N[C@@H]21. The normalized spacial score (nSPS) is 30.6. The van der Waals surface area contributed by atoms with Crippen molar-refractivity contribution < 1.29 is 9.59 Å². The van der Waals surface area contributed by atoms with E-state index in [0.29, 0.717) is 11.7 Å². The Morgan fingerprint density at radius 3 is 3.12 bits per heavy atom. The van der Waals surface area contributed by atoms with E-state index in [1.54, 1.807) is 0 Å². The number of hydrogen-bond acceptors (Lipinski definition) is 4. The lowest BCUT2D eigenvalue weighted by Crippen LogP contribution is -2.38. The molecule has 3 aliphatic rings. The van der Waals surface area contributed by atoms with E-state index in [-0.39, 0.29) is 30.1 Å². The predicted molar refractivity (Wildman–Crippen MR) is 102 cm³/mol. The molecule has 0 spiro atoms. The number of nitrogens with zero attached hydrogens (tertiary/aromatic N) is 1. The van der Waals surface area contributed by atoms with Crippen LogP contribution in [0.25, 0.3) is 0 Å². The van der Waals surface area contributed by atoms with Gasteiger partial charge in [0.2, 0.25) is 5.91 Å². The van der Waals surface area contributed by atoms with Crippen molar-refractivity contribution in [3.8, 4) is 0 Å². The maximum atomic E-state index is 12.6. The van der Waals surface area contributed by atoms with E-state index >= 15 is 0 Å². The van der Waals surface area contributed by atoms with Gasteiger partial charge < -0.3 is 15.5 Å². The van der Waals surface area contributed by atoms with Crippen molar-refractivity contribution in [2.24, 2.45) is 0 Å². The zero-order valence-electron chi connectivity index (χ0n) is 14.5. The van der Waals surface area contributed by atoms with Crippen LogP contribution >= 0.6 is 23.1 Å². The summed E-state index contributed by atoms with van der Waals surface area (Å²) >= 11 is 3.76. The highest BCUT2D eigenvalue weighted by molar-refractivity contribution is 8.00. The summed E-state index contributed by atoms with van der Waals surface area (Å²) in [6, 6.07) is 2.92. The van der Waals surface area contributed by atoms with E-state index in [2.05, 4.69) is 33.9 Å². The summed E-state index contributed by atoms with van der Waals surface area (Å²) in [4.78, 5) is 27.5. The van der Waals surface area contributed by atoms with Crippen LogP contribution in [0.2, 0.25) is 0 Å². The first-order chi connectivity index (χ1) is 12.1. The van der Waals surface area contributed by atoms with Crippen LogP contribution in [0.4, 0.5) is 4.79 Å². The minimum absolute atomic E-state index is 0.0256. The third-order valence-corrected chi connectivity index (χ3v) is 8.17. The van der Waals surface area contributed by atoms with Crippen LogP contribution in [0.1, 0.15) is 49.1 Å². The van der Waals surface area contributed by atoms with Crippen LogP contribution in [0, 0.1) is 0 Å². The molecule has 4 atom stereocenters. The second kappa shape index (κ2) is 7.19. The van der Waals surface area contributed by atoms with Gasteiger partial charge in [-0.1, -0.05) is 6.42 Å². The van der Waals surface area contributed by atoms with Crippen molar-refractivity contribution in [3.05, 3.63) is 21.9 Å². The van der Waals surface area contributed by atoms with E-state index in [4.69, 9.17) is 0 Å². The number of unbranched alkanes of at least 4 members (excludes halogenated alkanes) is 1. The molecule has 5 nitrogen and oxygen atoms in total. The Hall–Kier alpha value is -1.21. The lowest BCUT2D eigenvalue weighted by Gasteiger charge is -2.33. The van der Waals surface area contributed by atoms with Gasteiger partial charge in [-0.05, 0) is 43.2 Å². The van der Waals surface area contributed by atoms with E-state index in [0.717, 1.165) is 38.0 Å². The fraction of sp³-hybridized carbons (Fsp3) is 0.667. The van der Waals surface area contributed by atoms with Crippen molar-refractivity contribution in [2.75, 3.05) is 12.3 Å². The number of thioether (sulfide) groups is 1. The first-order valence-corrected chi connectivity index (χ1v) is 11.1. The Bertz CT molecular complexity index is 663. The van der Waals surface area contributed by atoms with Gasteiger partial charge in [-0.15, -0.1) is 11.3 Å². The van der Waals surface area contributed by atoms with Crippen molar-refractivity contribution in [1.82, 2.24) is 15.5 Å². The molecule has 7 heteroatoms. The lowest BCUT2D eigenvalue weighted by molar-refractivity contribution is -0.133. The molecule has 3 amide bonds. The zero-order chi connectivity index (χ0) is 17.4. The van der Waals surface area contributed by atoms with Gasteiger partial charge in [0.1, 0.15) is 0 Å². The number of carbonyl (C=O) groups is 2. The van der Waals surface area contributed by atoms with Gasteiger partial charge in [-0.2, -0.15) is 11.8 Å². The number of amides is 3. The number of nitrogens with one attached hydrogen (secondary N) is 2. The van der Waals surface area contributed by atoms with E-state index in [1.807, 2.05) is 23.1 Å². The summed E-state index contributed by atoms with van der Waals surface area (Å²) in [6.45, 7) is 3.00. The fourth-order valence-corrected chi connectivity index (χ4v) is 6.76. The average Bonchev–Trinajstić information content (AvgIpc) is 3.28. The molecular weight excluding hydrogens is 354 g/mol. The maximum absolute atomic E-state index is 12.6. The molecule has 3 aliphatic heterocycles. The molecule has 4 heterocycles. The summed E-state index contributed by atoms with van der Waals surface area (Å²) in [6.07, 6.45) is 4.70. The maximum Gasteiger partial charge on any atom is 0.315 e. The molecule has 2 saturated heterocycles. The van der Waals surface area contributed by atoms with Crippen LogP contribution in [-0.2, 0) is 11.2 Å². The summed E-state index contributed by atoms with van der Waals surface area (Å²) in [5.74, 6) is 1.29. The molecule has 4 rings (SSSR count). The van der Waals surface area contributed by atoms with Gasteiger partial charge >= 0.3 is 6.03 Å². The number of hydrogen-bond donors (Lipinski definition) is 2. The minimum Gasteiger partial charge on any atom is -0.336 e. The molecular formula is C18H25N3O2S2. The number of thiophene rings is 1. The van der Waals surface area contributed by atoms with Crippen LogP contribution in [0.15, 0.2) is 11.4 Å². The fourth-order valence-electron chi connectivity index (χ4n) is 4.26. The summed E-state index contributed by atoms with van der Waals surface area (Å²) in [5.41, 5.74) is 1.34. The topological polar surface area (TPSA) is 61.4 Å². The highest BCUT2D eigenvalue weighted by Gasteiger charge is 2.42. The Morgan fingerprint density at radius 2 is 2.24 bits per heavy atom. The van der Waals surface area contributed by atoms with E-state index < -0.39 is 0 Å². The molecule has 1 aromatic heterocycles. The molecule has 0 unspecified atom stereocenters. The van der Waals surface area contributed by atoms with Crippen LogP contribution in [-0.4, -0.2) is 46.5 Å². The van der Waals surface area contributed by atoms with Crippen LogP contribution in [0.5, 0.6) is 0 Å². The Kier molecular flexibility index (Phi) is 4.95. The second-order valence-electron chi connectivity index (χ2n) is 7.18. The Balaban J connectivity index is 1.22. The van der Waals surface area contributed by atoms with E-state index in [9.17, 15) is 9.59 Å². The molecule has 0 radical (unpaired) electrons. The van der Waals surface area contributed by atoms with E-state index in [1.165, 1.54) is 10.4 Å². The second-order valence-corrected chi connectivity index (χ2v) is 9.45. The third kappa shape index (κ3) is 3.40. The van der Waals surface area contributed by atoms with Gasteiger partial charge in [0.15, 0.2) is 0 Å². The monoisotopic (exact) mass is 379 g/mol. The predicted octanol–water partition coefficient (Wildman–Crippen LogP) is 2.92. The van der Waals surface area contributed by atoms with Crippen molar-refractivity contribution in [2.45, 2.75) is 62.4 Å². The Morgan fingerprint density at radius 1 is 1.36 bits per heavy atom. The van der Waals surface area contributed by atoms with Gasteiger partial charge in [0, 0.05) is 28.8 Å². The first-order valence-electron chi connectivity index (χ1n) is 9.18. The van der Waals surface area contributed by atoms with Crippen LogP contribution < -0.4 is 10.6 Å². The zero-order valence-corrected chi connectivity index (χ0v) is 16.1. The number of rotatable bonds is 5. The standard InChI is InChI=1S/C18H25N3O2S2/c1-11-12-7-9-24-14(12)6-8-21(11)16(22)5-3-2-4-15-17-13(10-25-15)19-18(23)20-17/h7,9,11,13,15,17H,2-6,8,10H2,1H3,(H2,19,20,23)/t11-,13+,15+,17+/m1/s1. The quantitative estimate of drug-likeness (QED) is 0.611. The first kappa shape index (κ1) is 17.2. The molecule has 1 aromatic rings. The third-order valence-electron chi connectivity index (χ3n) is 5.67.